The smallest absolute Gasteiger partial charge is 0.200 e. The number of nitrogens with one attached hydrogen (secondary N) is 1. The maximum atomic E-state index is 10.2. The highest BCUT2D eigenvalue weighted by Gasteiger charge is 2.32. The zero-order valence-electron chi connectivity index (χ0n) is 10.2. The van der Waals surface area contributed by atoms with Crippen LogP contribution in [0.3, 0.4) is 0 Å². The van der Waals surface area contributed by atoms with Gasteiger partial charge in [0.1, 0.15) is 5.72 Å². The van der Waals surface area contributed by atoms with Crippen molar-refractivity contribution in [3.8, 4) is 0 Å². The summed E-state index contributed by atoms with van der Waals surface area (Å²) in [7, 11) is 0. The van der Waals surface area contributed by atoms with E-state index in [-0.39, 0.29) is 5.72 Å². The molecule has 0 saturated heterocycles. The molecule has 1 atom stereocenters. The highest BCUT2D eigenvalue weighted by atomic mass is 16.5. The maximum Gasteiger partial charge on any atom is 0.200 e. The highest BCUT2D eigenvalue weighted by Crippen LogP contribution is 2.33. The Balaban J connectivity index is 2.08. The lowest BCUT2D eigenvalue weighted by atomic mass is 9.93. The van der Waals surface area contributed by atoms with Crippen molar-refractivity contribution in [2.45, 2.75) is 38.3 Å². The van der Waals surface area contributed by atoms with Gasteiger partial charge in [-0.3, -0.25) is 4.79 Å². The number of hydrogen-bond acceptors (Lipinski definition) is 3. The number of para-hydroxylation sites is 1. The van der Waals surface area contributed by atoms with Crippen LogP contribution in [-0.4, -0.2) is 18.6 Å². The molecule has 1 unspecified atom stereocenters. The molecule has 2 rings (SSSR count). The van der Waals surface area contributed by atoms with E-state index in [2.05, 4.69) is 30.4 Å². The average molecular weight is 232 g/mol. The van der Waals surface area contributed by atoms with E-state index < -0.39 is 0 Å². The van der Waals surface area contributed by atoms with Crippen molar-refractivity contribution in [2.24, 2.45) is 0 Å². The van der Waals surface area contributed by atoms with Crippen molar-refractivity contribution in [3.63, 3.8) is 0 Å². The molecular formula is C14H18NO2. The van der Waals surface area contributed by atoms with Crippen LogP contribution in [0.5, 0.6) is 0 Å². The van der Waals surface area contributed by atoms with E-state index >= 15 is 0 Å². The first kappa shape index (κ1) is 12.1. The number of carbonyl (C=O) groups excluding carboxylic acids is 1. The summed E-state index contributed by atoms with van der Waals surface area (Å²) in [6.07, 6.45) is 5.05. The Labute approximate surface area is 102 Å². The van der Waals surface area contributed by atoms with Gasteiger partial charge in [-0.25, -0.2) is 0 Å². The van der Waals surface area contributed by atoms with E-state index in [1.54, 1.807) is 0 Å². The first-order valence-corrected chi connectivity index (χ1v) is 6.15. The molecular weight excluding hydrogens is 214 g/mol. The molecule has 0 amide bonds. The van der Waals surface area contributed by atoms with E-state index in [1.165, 1.54) is 5.56 Å². The maximum absolute atomic E-state index is 10.2. The number of rotatable bonds is 5. The third-order valence-electron chi connectivity index (χ3n) is 3.33. The van der Waals surface area contributed by atoms with Crippen LogP contribution < -0.4 is 5.32 Å². The molecule has 3 nitrogen and oxygen atoms in total. The van der Waals surface area contributed by atoms with Crippen molar-refractivity contribution in [1.29, 1.82) is 0 Å². The largest absolute Gasteiger partial charge is 0.357 e. The minimum atomic E-state index is -0.314. The van der Waals surface area contributed by atoms with Gasteiger partial charge < -0.3 is 10.1 Å². The molecule has 0 saturated carbocycles. The highest BCUT2D eigenvalue weighted by molar-refractivity contribution is 5.54. The molecule has 1 aliphatic rings. The van der Waals surface area contributed by atoms with Gasteiger partial charge in [-0.05, 0) is 30.9 Å². The Kier molecular flexibility index (Phi) is 3.79. The number of aryl methyl sites for hydroxylation is 1. The van der Waals surface area contributed by atoms with E-state index in [1.807, 2.05) is 12.4 Å². The Morgan fingerprint density at radius 1 is 1.47 bits per heavy atom. The van der Waals surface area contributed by atoms with Gasteiger partial charge in [0.2, 0.25) is 6.29 Å². The summed E-state index contributed by atoms with van der Waals surface area (Å²) in [5.41, 5.74) is 2.17. The molecule has 17 heavy (non-hydrogen) atoms. The Morgan fingerprint density at radius 3 is 3.06 bits per heavy atom. The van der Waals surface area contributed by atoms with Gasteiger partial charge in [-0.1, -0.05) is 25.1 Å². The summed E-state index contributed by atoms with van der Waals surface area (Å²) in [6.45, 7) is 2.54. The summed E-state index contributed by atoms with van der Waals surface area (Å²) >= 11 is 0. The van der Waals surface area contributed by atoms with Gasteiger partial charge in [-0.15, -0.1) is 0 Å². The van der Waals surface area contributed by atoms with Crippen molar-refractivity contribution >= 4 is 12.0 Å². The lowest BCUT2D eigenvalue weighted by molar-refractivity contribution is -0.0317. The predicted molar refractivity (Wildman–Crippen MR) is 67.7 cm³/mol. The molecule has 0 fully saturated rings. The molecule has 1 radical (unpaired) electrons. The van der Waals surface area contributed by atoms with Crippen molar-refractivity contribution in [3.05, 3.63) is 29.8 Å². The van der Waals surface area contributed by atoms with Crippen LogP contribution in [-0.2, 0) is 16.0 Å². The fraction of sp³-hybridized carbons (Fsp3) is 0.500. The fourth-order valence-electron chi connectivity index (χ4n) is 2.27. The minimum Gasteiger partial charge on any atom is -0.357 e. The molecule has 1 heterocycles. The standard InChI is InChI=1S/C14H18NO2/c1-2-14(17-11-5-10-16)9-8-12-6-3-4-7-13(12)15-14/h3-4,6-7,15H,2,5,8-9,11H2,1H3. The van der Waals surface area contributed by atoms with Gasteiger partial charge in [0.15, 0.2) is 0 Å². The third-order valence-corrected chi connectivity index (χ3v) is 3.33. The van der Waals surface area contributed by atoms with Crippen LogP contribution in [0.4, 0.5) is 5.69 Å². The van der Waals surface area contributed by atoms with Gasteiger partial charge in [0, 0.05) is 12.1 Å². The summed E-state index contributed by atoms with van der Waals surface area (Å²) < 4.78 is 5.84. The van der Waals surface area contributed by atoms with Crippen LogP contribution in [0, 0.1) is 0 Å². The van der Waals surface area contributed by atoms with Crippen LogP contribution in [0.1, 0.15) is 31.7 Å². The lowest BCUT2D eigenvalue weighted by Crippen LogP contribution is -2.44. The number of fused-ring (bicyclic) bond motifs is 1. The van der Waals surface area contributed by atoms with Crippen LogP contribution in [0.15, 0.2) is 24.3 Å². The van der Waals surface area contributed by atoms with Crippen molar-refractivity contribution in [1.82, 2.24) is 0 Å². The van der Waals surface area contributed by atoms with E-state index in [0.717, 1.165) is 24.9 Å². The minimum absolute atomic E-state index is 0.314. The summed E-state index contributed by atoms with van der Waals surface area (Å²) in [6, 6.07) is 8.30. The van der Waals surface area contributed by atoms with Crippen molar-refractivity contribution < 1.29 is 9.53 Å². The first-order valence-electron chi connectivity index (χ1n) is 6.15. The van der Waals surface area contributed by atoms with Gasteiger partial charge in [0.25, 0.3) is 0 Å². The van der Waals surface area contributed by atoms with Gasteiger partial charge in [-0.2, -0.15) is 0 Å². The van der Waals surface area contributed by atoms with E-state index in [9.17, 15) is 4.79 Å². The summed E-state index contributed by atoms with van der Waals surface area (Å²) in [5, 5.41) is 3.47. The molecule has 1 N–H and O–H groups in total. The molecule has 0 bridgehead atoms. The van der Waals surface area contributed by atoms with E-state index in [4.69, 9.17) is 4.74 Å². The monoisotopic (exact) mass is 232 g/mol. The number of hydrogen-bond donors (Lipinski definition) is 1. The second kappa shape index (κ2) is 5.32. The SMILES string of the molecule is CCC1(OCC[C]=O)CCc2ccccc2N1. The molecule has 0 spiro atoms. The molecule has 1 aromatic carbocycles. The topological polar surface area (TPSA) is 38.3 Å². The van der Waals surface area contributed by atoms with Crippen molar-refractivity contribution in [2.75, 3.05) is 11.9 Å². The summed E-state index contributed by atoms with van der Waals surface area (Å²) in [5.74, 6) is 0. The lowest BCUT2D eigenvalue weighted by Gasteiger charge is -2.39. The fourth-order valence-corrected chi connectivity index (χ4v) is 2.27. The zero-order chi connectivity index (χ0) is 12.1. The average Bonchev–Trinajstić information content (AvgIpc) is 2.39. The quantitative estimate of drug-likeness (QED) is 0.793. The molecule has 0 aromatic heterocycles. The first-order chi connectivity index (χ1) is 8.29. The number of ether oxygens (including phenoxy) is 1. The second-order valence-corrected chi connectivity index (χ2v) is 4.37. The normalized spacial score (nSPS) is 22.6. The summed E-state index contributed by atoms with van der Waals surface area (Å²) in [4.78, 5) is 10.2. The van der Waals surface area contributed by atoms with Gasteiger partial charge in [0.05, 0.1) is 6.61 Å². The number of benzene rings is 1. The zero-order valence-corrected chi connectivity index (χ0v) is 10.2. The van der Waals surface area contributed by atoms with Crippen LogP contribution in [0.2, 0.25) is 0 Å². The second-order valence-electron chi connectivity index (χ2n) is 4.37. The number of anilines is 1. The molecule has 91 valence electrons. The molecule has 1 aliphatic heterocycles. The molecule has 0 aliphatic carbocycles. The van der Waals surface area contributed by atoms with Crippen LogP contribution >= 0.6 is 0 Å². The van der Waals surface area contributed by atoms with Gasteiger partial charge >= 0.3 is 0 Å². The Bertz CT molecular complexity index is 392. The molecule has 3 heteroatoms. The predicted octanol–water partition coefficient (Wildman–Crippen LogP) is 2.67. The Morgan fingerprint density at radius 2 is 2.29 bits per heavy atom. The third kappa shape index (κ3) is 2.67. The van der Waals surface area contributed by atoms with E-state index in [0.29, 0.717) is 13.0 Å². The Hall–Kier alpha value is -1.35. The molecule has 1 aromatic rings. The van der Waals surface area contributed by atoms with Crippen LogP contribution in [0.25, 0.3) is 0 Å².